The predicted molar refractivity (Wildman–Crippen MR) is 102 cm³/mol. The van der Waals surface area contributed by atoms with Gasteiger partial charge in [0.2, 0.25) is 5.91 Å². The smallest absolute Gasteiger partial charge is 0.308 e. The molecule has 2 aromatic heterocycles. The molecule has 0 bridgehead atoms. The number of carbonyl (C=O) groups is 1. The highest BCUT2D eigenvalue weighted by Crippen LogP contribution is 2.26. The van der Waals surface area contributed by atoms with Crippen molar-refractivity contribution >= 4 is 33.0 Å². The van der Waals surface area contributed by atoms with Crippen LogP contribution in [0.1, 0.15) is 19.8 Å². The molecule has 12 heteroatoms. The van der Waals surface area contributed by atoms with Gasteiger partial charge < -0.3 is 4.90 Å². The van der Waals surface area contributed by atoms with E-state index in [1.807, 2.05) is 13.2 Å². The van der Waals surface area contributed by atoms with Gasteiger partial charge in [0.05, 0.1) is 24.1 Å². The third kappa shape index (κ3) is 6.70. The van der Waals surface area contributed by atoms with Gasteiger partial charge in [-0.2, -0.15) is 18.3 Å². The van der Waals surface area contributed by atoms with Crippen molar-refractivity contribution in [1.82, 2.24) is 9.78 Å². The van der Waals surface area contributed by atoms with Crippen LogP contribution >= 0.6 is 11.6 Å². The van der Waals surface area contributed by atoms with Crippen LogP contribution in [-0.4, -0.2) is 48.3 Å². The highest BCUT2D eigenvalue weighted by Gasteiger charge is 2.30. The summed E-state index contributed by atoms with van der Waals surface area (Å²) in [5.41, 5.74) is 0.986. The van der Waals surface area contributed by atoms with E-state index in [1.165, 1.54) is 15.8 Å². The average molecular weight is 454 g/mol. The zero-order chi connectivity index (χ0) is 21.8. The van der Waals surface area contributed by atoms with E-state index in [4.69, 9.17) is 11.6 Å². The summed E-state index contributed by atoms with van der Waals surface area (Å²) in [6, 6.07) is 3.59. The second-order valence-electron chi connectivity index (χ2n) is 6.38. The molecule has 7 nitrogen and oxygen atoms in total. The Kier molecular flexibility index (Phi) is 7.28. The topological polar surface area (TPSA) is 76.2 Å². The van der Waals surface area contributed by atoms with Crippen molar-refractivity contribution < 1.29 is 31.0 Å². The quantitative estimate of drug-likeness (QED) is 0.575. The van der Waals surface area contributed by atoms with Gasteiger partial charge >= 0.3 is 6.18 Å². The molecular formula is C17H21ClF3N4O3S+. The largest absolute Gasteiger partial charge is 0.390 e. The molecule has 2 heterocycles. The first-order valence-electron chi connectivity index (χ1n) is 8.70. The van der Waals surface area contributed by atoms with Crippen LogP contribution < -0.4 is 9.47 Å². The molecular weight excluding hydrogens is 433 g/mol. The van der Waals surface area contributed by atoms with E-state index in [0.29, 0.717) is 11.4 Å². The Balaban J connectivity index is 2.12. The van der Waals surface area contributed by atoms with Crippen molar-refractivity contribution in [2.24, 2.45) is 7.05 Å². The molecule has 0 aromatic carbocycles. The summed E-state index contributed by atoms with van der Waals surface area (Å²) in [5, 5.41) is 4.22. The first-order valence-corrected chi connectivity index (χ1v) is 10.9. The number of pyridine rings is 1. The van der Waals surface area contributed by atoms with Crippen molar-refractivity contribution in [3.05, 3.63) is 35.9 Å². The summed E-state index contributed by atoms with van der Waals surface area (Å²) < 4.78 is 63.6. The Morgan fingerprint density at radius 2 is 2.03 bits per heavy atom. The maximum atomic E-state index is 12.5. The van der Waals surface area contributed by atoms with Crippen LogP contribution in [0.2, 0.25) is 5.15 Å². The molecule has 0 unspecified atom stereocenters. The molecule has 2 rings (SSSR count). The number of hydrogen-bond donors (Lipinski definition) is 0. The lowest BCUT2D eigenvalue weighted by molar-refractivity contribution is -0.671. The van der Waals surface area contributed by atoms with Gasteiger partial charge in [-0.3, -0.25) is 4.79 Å². The first kappa shape index (κ1) is 23.1. The summed E-state index contributed by atoms with van der Waals surface area (Å²) in [5.74, 6) is -2.28. The van der Waals surface area contributed by atoms with Crippen molar-refractivity contribution in [1.29, 1.82) is 0 Å². The molecule has 0 N–H and O–H groups in total. The van der Waals surface area contributed by atoms with Crippen molar-refractivity contribution in [2.45, 2.75) is 25.9 Å². The third-order valence-electron chi connectivity index (χ3n) is 4.07. The van der Waals surface area contributed by atoms with Crippen molar-refractivity contribution in [2.75, 3.05) is 23.0 Å². The Bertz CT molecular complexity index is 977. The molecule has 0 fully saturated rings. The van der Waals surface area contributed by atoms with E-state index in [0.717, 1.165) is 0 Å². The Morgan fingerprint density at radius 1 is 1.34 bits per heavy atom. The number of aryl methyl sites for hydroxylation is 1. The van der Waals surface area contributed by atoms with E-state index in [9.17, 15) is 26.4 Å². The summed E-state index contributed by atoms with van der Waals surface area (Å²) in [4.78, 5) is 13.8. The Hall–Kier alpha value is -2.14. The van der Waals surface area contributed by atoms with E-state index in [1.54, 1.807) is 29.8 Å². The second-order valence-corrected chi connectivity index (χ2v) is 9.04. The highest BCUT2D eigenvalue weighted by atomic mass is 35.5. The third-order valence-corrected chi connectivity index (χ3v) is 5.99. The zero-order valence-electron chi connectivity index (χ0n) is 15.9. The molecule has 0 aliphatic heterocycles. The van der Waals surface area contributed by atoms with Crippen LogP contribution in [0.15, 0.2) is 30.7 Å². The highest BCUT2D eigenvalue weighted by molar-refractivity contribution is 7.91. The summed E-state index contributed by atoms with van der Waals surface area (Å²) >= 11 is 6.17. The number of aromatic nitrogens is 3. The zero-order valence-corrected chi connectivity index (χ0v) is 17.4. The van der Waals surface area contributed by atoms with Crippen LogP contribution in [0.3, 0.4) is 0 Å². The maximum Gasteiger partial charge on any atom is 0.390 e. The van der Waals surface area contributed by atoms with E-state index >= 15 is 0 Å². The van der Waals surface area contributed by atoms with Gasteiger partial charge in [-0.15, -0.1) is 0 Å². The fourth-order valence-corrected chi connectivity index (χ4v) is 4.06. The molecule has 0 aliphatic carbocycles. The minimum atomic E-state index is -4.57. The number of amides is 1. The number of rotatable bonds is 8. The van der Waals surface area contributed by atoms with Gasteiger partial charge in [0.1, 0.15) is 18.4 Å². The Morgan fingerprint density at radius 3 is 2.62 bits per heavy atom. The molecule has 0 radical (unpaired) electrons. The van der Waals surface area contributed by atoms with Crippen molar-refractivity contribution in [3.63, 3.8) is 0 Å². The SMILES string of the molecule is CCN(C(=O)CCS(=O)(=O)CCC(F)(F)F)c1cn(-c2ccc[n+](C)c2)nc1Cl. The lowest BCUT2D eigenvalue weighted by atomic mass is 10.3. The monoisotopic (exact) mass is 453 g/mol. The minimum absolute atomic E-state index is 0.0478. The van der Waals surface area contributed by atoms with Crippen LogP contribution in [-0.2, 0) is 21.7 Å². The maximum absolute atomic E-state index is 12.5. The van der Waals surface area contributed by atoms with Crippen LogP contribution in [0.5, 0.6) is 0 Å². The number of hydrogen-bond acceptors (Lipinski definition) is 4. The number of halogens is 4. The number of carbonyl (C=O) groups excluding carboxylic acids is 1. The van der Waals surface area contributed by atoms with Crippen LogP contribution in [0.25, 0.3) is 5.69 Å². The van der Waals surface area contributed by atoms with E-state index in [2.05, 4.69) is 5.10 Å². The summed E-state index contributed by atoms with van der Waals surface area (Å²) in [6.07, 6.45) is -1.29. The standard InChI is InChI=1S/C17H21ClF3N4O3S/c1-3-24(15(26)6-9-29(27,28)10-7-17(19,20)21)14-12-25(22-16(14)18)13-5-4-8-23(2)11-13/h4-5,8,11-12H,3,6-7,9-10H2,1-2H3/q+1. The van der Waals surface area contributed by atoms with Crippen molar-refractivity contribution in [3.8, 4) is 5.69 Å². The Labute approximate surface area is 171 Å². The normalized spacial score (nSPS) is 12.2. The molecule has 0 saturated carbocycles. The van der Waals surface area contributed by atoms with Crippen LogP contribution in [0, 0.1) is 0 Å². The first-order chi connectivity index (χ1) is 13.4. The summed E-state index contributed by atoms with van der Waals surface area (Å²) in [7, 11) is -2.18. The number of anilines is 1. The van der Waals surface area contributed by atoms with Gasteiger partial charge in [0.15, 0.2) is 27.4 Å². The van der Waals surface area contributed by atoms with Gasteiger partial charge in [-0.1, -0.05) is 11.6 Å². The van der Waals surface area contributed by atoms with Gasteiger partial charge in [-0.25, -0.2) is 17.7 Å². The number of sulfone groups is 1. The van der Waals surface area contributed by atoms with Gasteiger partial charge in [0, 0.05) is 19.0 Å². The van der Waals surface area contributed by atoms with Gasteiger partial charge in [-0.05, 0) is 13.0 Å². The van der Waals surface area contributed by atoms with E-state index in [-0.39, 0.29) is 11.7 Å². The van der Waals surface area contributed by atoms with E-state index < -0.39 is 46.3 Å². The fraction of sp³-hybridized carbons (Fsp3) is 0.471. The lowest BCUT2D eigenvalue weighted by Crippen LogP contribution is -2.32. The number of alkyl halides is 3. The predicted octanol–water partition coefficient (Wildman–Crippen LogP) is 2.46. The summed E-state index contributed by atoms with van der Waals surface area (Å²) in [6.45, 7) is 1.86. The lowest BCUT2D eigenvalue weighted by Gasteiger charge is -2.19. The number of nitrogens with zero attached hydrogens (tertiary/aromatic N) is 4. The average Bonchev–Trinajstić information content (AvgIpc) is 3.00. The van der Waals surface area contributed by atoms with Gasteiger partial charge in [0.25, 0.3) is 0 Å². The molecule has 0 saturated heterocycles. The molecule has 0 aliphatic rings. The molecule has 29 heavy (non-hydrogen) atoms. The fourth-order valence-electron chi connectivity index (χ4n) is 2.60. The molecule has 1 amide bonds. The minimum Gasteiger partial charge on any atom is -0.308 e. The molecule has 160 valence electrons. The molecule has 0 atom stereocenters. The molecule has 2 aromatic rings. The second kappa shape index (κ2) is 9.12. The molecule has 0 spiro atoms. The van der Waals surface area contributed by atoms with Crippen LogP contribution in [0.4, 0.5) is 18.9 Å².